The van der Waals surface area contributed by atoms with E-state index in [0.717, 1.165) is 48.7 Å². The zero-order valence-electron chi connectivity index (χ0n) is 14.7. The summed E-state index contributed by atoms with van der Waals surface area (Å²) >= 11 is 0. The Morgan fingerprint density at radius 3 is 2.42 bits per heavy atom. The third-order valence-corrected chi connectivity index (χ3v) is 4.50. The van der Waals surface area contributed by atoms with Crippen LogP contribution in [0.25, 0.3) is 0 Å². The summed E-state index contributed by atoms with van der Waals surface area (Å²) < 4.78 is 21.8. The lowest BCUT2D eigenvalue weighted by Gasteiger charge is -2.24. The number of rotatable bonds is 6. The lowest BCUT2D eigenvalue weighted by Crippen LogP contribution is -2.22. The molecule has 6 nitrogen and oxygen atoms in total. The second kappa shape index (κ2) is 7.13. The van der Waals surface area contributed by atoms with Crippen LogP contribution in [-0.2, 0) is 6.54 Å². The van der Waals surface area contributed by atoms with Gasteiger partial charge in [-0.2, -0.15) is 0 Å². The maximum Gasteiger partial charge on any atom is 0.164 e. The Hall–Kier alpha value is -2.21. The standard InChI is InChI=1S/C18H24N2O4/c1-12-8-16(24-19-12)14-6-5-7-20(14)11-13-9-17(22-3)18(23-4)10-15(13)21-2/h8-10,14H,5-7,11H2,1-4H3/t14-/m1/s1. The molecule has 1 fully saturated rings. The van der Waals surface area contributed by atoms with Crippen LogP contribution in [0.5, 0.6) is 17.2 Å². The van der Waals surface area contributed by atoms with Gasteiger partial charge in [0.2, 0.25) is 0 Å². The average Bonchev–Trinajstić information content (AvgIpc) is 3.23. The molecule has 1 saturated heterocycles. The predicted octanol–water partition coefficient (Wildman–Crippen LogP) is 3.35. The van der Waals surface area contributed by atoms with Crippen molar-refractivity contribution >= 4 is 0 Å². The van der Waals surface area contributed by atoms with Crippen LogP contribution < -0.4 is 14.2 Å². The molecule has 0 saturated carbocycles. The van der Waals surface area contributed by atoms with Gasteiger partial charge in [-0.15, -0.1) is 0 Å². The zero-order valence-corrected chi connectivity index (χ0v) is 14.7. The van der Waals surface area contributed by atoms with E-state index >= 15 is 0 Å². The molecule has 0 amide bonds. The highest BCUT2D eigenvalue weighted by molar-refractivity contribution is 5.50. The molecule has 130 valence electrons. The number of benzene rings is 1. The van der Waals surface area contributed by atoms with Crippen LogP contribution in [0, 0.1) is 6.92 Å². The fourth-order valence-corrected chi connectivity index (χ4v) is 3.31. The predicted molar refractivity (Wildman–Crippen MR) is 89.7 cm³/mol. The number of ether oxygens (including phenoxy) is 3. The van der Waals surface area contributed by atoms with Crippen LogP contribution in [0.2, 0.25) is 0 Å². The molecule has 6 heteroatoms. The molecule has 3 rings (SSSR count). The third-order valence-electron chi connectivity index (χ3n) is 4.50. The minimum absolute atomic E-state index is 0.254. The molecule has 2 heterocycles. The summed E-state index contributed by atoms with van der Waals surface area (Å²) in [6.07, 6.45) is 2.21. The van der Waals surface area contributed by atoms with Gasteiger partial charge < -0.3 is 18.7 Å². The van der Waals surface area contributed by atoms with Gasteiger partial charge in [0.15, 0.2) is 17.3 Å². The van der Waals surface area contributed by atoms with Crippen LogP contribution in [0.15, 0.2) is 22.7 Å². The van der Waals surface area contributed by atoms with Gasteiger partial charge in [-0.3, -0.25) is 4.90 Å². The summed E-state index contributed by atoms with van der Waals surface area (Å²) in [7, 11) is 4.94. The Labute approximate surface area is 142 Å². The third kappa shape index (κ3) is 3.19. The summed E-state index contributed by atoms with van der Waals surface area (Å²) in [5, 5.41) is 4.02. The number of aromatic nitrogens is 1. The maximum absolute atomic E-state index is 5.54. The monoisotopic (exact) mass is 332 g/mol. The number of hydrogen-bond acceptors (Lipinski definition) is 6. The highest BCUT2D eigenvalue weighted by Crippen LogP contribution is 2.38. The highest BCUT2D eigenvalue weighted by atomic mass is 16.5. The van der Waals surface area contributed by atoms with Gasteiger partial charge in [0.05, 0.1) is 33.1 Å². The van der Waals surface area contributed by atoms with Gasteiger partial charge in [-0.05, 0) is 32.4 Å². The van der Waals surface area contributed by atoms with Crippen molar-refractivity contribution < 1.29 is 18.7 Å². The van der Waals surface area contributed by atoms with Gasteiger partial charge >= 0.3 is 0 Å². The lowest BCUT2D eigenvalue weighted by atomic mass is 10.1. The molecule has 1 aliphatic rings. The first kappa shape index (κ1) is 16.6. The molecule has 0 bridgehead atoms. The molecule has 0 radical (unpaired) electrons. The summed E-state index contributed by atoms with van der Waals surface area (Å²) in [6, 6.07) is 6.13. The van der Waals surface area contributed by atoms with Crippen LogP contribution >= 0.6 is 0 Å². The van der Waals surface area contributed by atoms with Crippen molar-refractivity contribution in [1.29, 1.82) is 0 Å². The van der Waals surface area contributed by atoms with E-state index < -0.39 is 0 Å². The van der Waals surface area contributed by atoms with Gasteiger partial charge in [0.25, 0.3) is 0 Å². The van der Waals surface area contributed by atoms with E-state index in [1.807, 2.05) is 25.1 Å². The van der Waals surface area contributed by atoms with E-state index in [0.29, 0.717) is 11.5 Å². The molecule has 2 aromatic rings. The van der Waals surface area contributed by atoms with Gasteiger partial charge in [-0.25, -0.2) is 0 Å². The highest BCUT2D eigenvalue weighted by Gasteiger charge is 2.30. The summed E-state index contributed by atoms with van der Waals surface area (Å²) in [5.41, 5.74) is 1.99. The lowest BCUT2D eigenvalue weighted by molar-refractivity contribution is 0.204. The first-order valence-electron chi connectivity index (χ1n) is 8.12. The Morgan fingerprint density at radius 1 is 1.08 bits per heavy atom. The zero-order chi connectivity index (χ0) is 17.1. The van der Waals surface area contributed by atoms with E-state index in [-0.39, 0.29) is 6.04 Å². The van der Waals surface area contributed by atoms with Crippen LogP contribution in [0.4, 0.5) is 0 Å². The van der Waals surface area contributed by atoms with Crippen LogP contribution in [0.3, 0.4) is 0 Å². The Bertz CT molecular complexity index is 698. The van der Waals surface area contributed by atoms with E-state index in [9.17, 15) is 0 Å². The minimum Gasteiger partial charge on any atom is -0.496 e. The van der Waals surface area contributed by atoms with Crippen LogP contribution in [-0.4, -0.2) is 37.9 Å². The van der Waals surface area contributed by atoms with Crippen molar-refractivity contribution in [3.8, 4) is 17.2 Å². The van der Waals surface area contributed by atoms with E-state index in [2.05, 4.69) is 10.1 Å². The summed E-state index contributed by atoms with van der Waals surface area (Å²) in [6.45, 7) is 3.72. The second-order valence-electron chi connectivity index (χ2n) is 6.02. The van der Waals surface area contributed by atoms with E-state index in [4.69, 9.17) is 18.7 Å². The topological polar surface area (TPSA) is 57.0 Å². The number of aryl methyl sites for hydroxylation is 1. The molecule has 1 aromatic heterocycles. The van der Waals surface area contributed by atoms with Crippen molar-refractivity contribution in [2.24, 2.45) is 0 Å². The van der Waals surface area contributed by atoms with E-state index in [1.165, 1.54) is 0 Å². The van der Waals surface area contributed by atoms with Crippen molar-refractivity contribution in [1.82, 2.24) is 10.1 Å². The number of nitrogens with zero attached hydrogens (tertiary/aromatic N) is 2. The number of methoxy groups -OCH3 is 3. The van der Waals surface area contributed by atoms with Crippen molar-refractivity contribution in [3.63, 3.8) is 0 Å². The van der Waals surface area contributed by atoms with Crippen molar-refractivity contribution in [2.75, 3.05) is 27.9 Å². The molecule has 0 unspecified atom stereocenters. The fraction of sp³-hybridized carbons (Fsp3) is 0.500. The minimum atomic E-state index is 0.254. The molecule has 0 aliphatic carbocycles. The molecule has 1 atom stereocenters. The molecule has 0 spiro atoms. The quantitative estimate of drug-likeness (QED) is 0.808. The van der Waals surface area contributed by atoms with Crippen LogP contribution in [0.1, 0.15) is 35.9 Å². The van der Waals surface area contributed by atoms with Crippen molar-refractivity contribution in [2.45, 2.75) is 32.4 Å². The molecular formula is C18H24N2O4. The van der Waals surface area contributed by atoms with Gasteiger partial charge in [0.1, 0.15) is 5.75 Å². The number of hydrogen-bond donors (Lipinski definition) is 0. The molecule has 1 aliphatic heterocycles. The summed E-state index contributed by atoms with van der Waals surface area (Å²) in [5.74, 6) is 3.11. The average molecular weight is 332 g/mol. The largest absolute Gasteiger partial charge is 0.496 e. The molecule has 24 heavy (non-hydrogen) atoms. The first-order valence-corrected chi connectivity index (χ1v) is 8.12. The smallest absolute Gasteiger partial charge is 0.164 e. The first-order chi connectivity index (χ1) is 11.7. The second-order valence-corrected chi connectivity index (χ2v) is 6.02. The van der Waals surface area contributed by atoms with Crippen molar-refractivity contribution in [3.05, 3.63) is 35.2 Å². The number of likely N-dealkylation sites (tertiary alicyclic amines) is 1. The van der Waals surface area contributed by atoms with Gasteiger partial charge in [0, 0.05) is 24.2 Å². The molecule has 1 aromatic carbocycles. The van der Waals surface area contributed by atoms with E-state index in [1.54, 1.807) is 21.3 Å². The Kier molecular flexibility index (Phi) is 4.94. The maximum atomic E-state index is 5.54. The summed E-state index contributed by atoms with van der Waals surface area (Å²) in [4.78, 5) is 2.39. The van der Waals surface area contributed by atoms with Gasteiger partial charge in [-0.1, -0.05) is 5.16 Å². The normalized spacial score (nSPS) is 17.9. The molecule has 0 N–H and O–H groups in total. The Morgan fingerprint density at radius 2 is 1.79 bits per heavy atom. The SMILES string of the molecule is COc1cc(OC)c(OC)cc1CN1CCC[C@@H]1c1cc(C)no1. The fourth-order valence-electron chi connectivity index (χ4n) is 3.31. The Balaban J connectivity index is 1.86. The molecular weight excluding hydrogens is 308 g/mol.